The van der Waals surface area contributed by atoms with Crippen molar-refractivity contribution in [3.05, 3.63) is 17.5 Å². The number of nitrogens with zero attached hydrogens (tertiary/aromatic N) is 4. The third-order valence-corrected chi connectivity index (χ3v) is 4.75. The highest BCUT2D eigenvalue weighted by Gasteiger charge is 2.26. The molecule has 1 aliphatic carbocycles. The highest BCUT2D eigenvalue weighted by Crippen LogP contribution is 2.24. The lowest BCUT2D eigenvalue weighted by Gasteiger charge is -2.40. The van der Waals surface area contributed by atoms with Crippen molar-refractivity contribution in [2.45, 2.75) is 45.1 Å². The zero-order chi connectivity index (χ0) is 15.5. The van der Waals surface area contributed by atoms with Crippen molar-refractivity contribution in [1.82, 2.24) is 14.9 Å². The highest BCUT2D eigenvalue weighted by molar-refractivity contribution is 5.86. The normalized spacial score (nSPS) is 20.1. The molecule has 2 fully saturated rings. The van der Waals surface area contributed by atoms with Gasteiger partial charge in [-0.05, 0) is 25.8 Å². The summed E-state index contributed by atoms with van der Waals surface area (Å²) in [5.74, 6) is -0.437. The van der Waals surface area contributed by atoms with Crippen LogP contribution in [0.1, 0.15) is 48.3 Å². The van der Waals surface area contributed by atoms with Crippen LogP contribution in [-0.4, -0.2) is 58.2 Å². The molecule has 1 aromatic rings. The zero-order valence-corrected chi connectivity index (χ0v) is 14.4. The van der Waals surface area contributed by atoms with Gasteiger partial charge in [0.15, 0.2) is 5.69 Å². The molecule has 128 valence electrons. The van der Waals surface area contributed by atoms with Crippen LogP contribution in [0.5, 0.6) is 0 Å². The molecule has 1 aliphatic heterocycles. The second kappa shape index (κ2) is 7.93. The standard InChI is InChI=1S/C16H24N4O2.ClH/c1-12-11-14(15(21)22)18-16(17-12)20-9-7-19(8-10-20)13-5-3-2-4-6-13;/h11,13H,2-10H2,1H3,(H,21,22);1H. The number of carboxylic acid groups (broad SMARTS) is 1. The van der Waals surface area contributed by atoms with Gasteiger partial charge < -0.3 is 10.0 Å². The molecule has 2 aliphatic rings. The Labute approximate surface area is 143 Å². The summed E-state index contributed by atoms with van der Waals surface area (Å²) in [6, 6.07) is 2.26. The van der Waals surface area contributed by atoms with E-state index in [9.17, 15) is 4.79 Å². The lowest BCUT2D eigenvalue weighted by molar-refractivity contribution is 0.0690. The number of aromatic nitrogens is 2. The first-order valence-electron chi connectivity index (χ1n) is 8.21. The Hall–Kier alpha value is -1.40. The first kappa shape index (κ1) is 17.9. The molecular weight excluding hydrogens is 316 g/mol. The lowest BCUT2D eigenvalue weighted by Crippen LogP contribution is -2.51. The Balaban J connectivity index is 0.00000192. The van der Waals surface area contributed by atoms with Crippen LogP contribution in [0.25, 0.3) is 0 Å². The molecule has 1 aromatic heterocycles. The van der Waals surface area contributed by atoms with Gasteiger partial charge in [0.1, 0.15) is 0 Å². The van der Waals surface area contributed by atoms with Crippen LogP contribution in [-0.2, 0) is 0 Å². The molecule has 1 N–H and O–H groups in total. The number of aromatic carboxylic acids is 1. The number of piperazine rings is 1. The quantitative estimate of drug-likeness (QED) is 0.911. The van der Waals surface area contributed by atoms with Crippen LogP contribution < -0.4 is 4.90 Å². The van der Waals surface area contributed by atoms with E-state index in [2.05, 4.69) is 19.8 Å². The first-order valence-corrected chi connectivity index (χ1v) is 8.21. The first-order chi connectivity index (χ1) is 10.6. The van der Waals surface area contributed by atoms with E-state index in [1.54, 1.807) is 0 Å². The predicted molar refractivity (Wildman–Crippen MR) is 91.6 cm³/mol. The van der Waals surface area contributed by atoms with E-state index in [1.807, 2.05) is 6.92 Å². The topological polar surface area (TPSA) is 69.6 Å². The van der Waals surface area contributed by atoms with Gasteiger partial charge >= 0.3 is 5.97 Å². The number of hydrogen-bond acceptors (Lipinski definition) is 5. The molecule has 23 heavy (non-hydrogen) atoms. The fourth-order valence-corrected chi connectivity index (χ4v) is 3.54. The van der Waals surface area contributed by atoms with Crippen molar-refractivity contribution >= 4 is 24.3 Å². The molecule has 0 bridgehead atoms. The maximum atomic E-state index is 11.1. The molecule has 0 atom stereocenters. The molecule has 1 saturated carbocycles. The van der Waals surface area contributed by atoms with Gasteiger partial charge in [0, 0.05) is 37.9 Å². The van der Waals surface area contributed by atoms with E-state index in [1.165, 1.54) is 38.2 Å². The molecule has 3 rings (SSSR count). The van der Waals surface area contributed by atoms with Gasteiger partial charge in [0.25, 0.3) is 0 Å². The summed E-state index contributed by atoms with van der Waals surface area (Å²) in [5.41, 5.74) is 0.786. The summed E-state index contributed by atoms with van der Waals surface area (Å²) in [6.45, 7) is 5.60. The number of hydrogen-bond donors (Lipinski definition) is 1. The Bertz CT molecular complexity index is 541. The number of carbonyl (C=O) groups is 1. The minimum absolute atomic E-state index is 0. The summed E-state index contributed by atoms with van der Waals surface area (Å²) < 4.78 is 0. The largest absolute Gasteiger partial charge is 0.477 e. The summed E-state index contributed by atoms with van der Waals surface area (Å²) in [5, 5.41) is 9.13. The summed E-state index contributed by atoms with van der Waals surface area (Å²) >= 11 is 0. The van der Waals surface area contributed by atoms with Gasteiger partial charge in [0.05, 0.1) is 0 Å². The van der Waals surface area contributed by atoms with Crippen molar-refractivity contribution in [1.29, 1.82) is 0 Å². The van der Waals surface area contributed by atoms with Crippen LogP contribution in [0.4, 0.5) is 5.95 Å². The van der Waals surface area contributed by atoms with Gasteiger partial charge in [-0.3, -0.25) is 4.90 Å². The van der Waals surface area contributed by atoms with Gasteiger partial charge in [-0.2, -0.15) is 0 Å². The fraction of sp³-hybridized carbons (Fsp3) is 0.688. The molecule has 0 amide bonds. The van der Waals surface area contributed by atoms with E-state index in [0.29, 0.717) is 11.6 Å². The second-order valence-electron chi connectivity index (χ2n) is 6.31. The van der Waals surface area contributed by atoms with Crippen molar-refractivity contribution in [3.8, 4) is 0 Å². The molecule has 6 nitrogen and oxygen atoms in total. The van der Waals surface area contributed by atoms with E-state index < -0.39 is 5.97 Å². The Morgan fingerprint density at radius 2 is 1.78 bits per heavy atom. The maximum absolute atomic E-state index is 11.1. The third kappa shape index (κ3) is 4.32. The predicted octanol–water partition coefficient (Wildman–Crippen LogP) is 2.36. The maximum Gasteiger partial charge on any atom is 0.354 e. The Morgan fingerprint density at radius 3 is 2.39 bits per heavy atom. The molecule has 0 aromatic carbocycles. The lowest BCUT2D eigenvalue weighted by atomic mass is 9.94. The molecule has 1 saturated heterocycles. The Kier molecular flexibility index (Phi) is 6.18. The SMILES string of the molecule is Cc1cc(C(=O)O)nc(N2CCN(C3CCCCC3)CC2)n1.Cl. The van der Waals surface area contributed by atoms with Gasteiger partial charge in [-0.1, -0.05) is 19.3 Å². The monoisotopic (exact) mass is 340 g/mol. The highest BCUT2D eigenvalue weighted by atomic mass is 35.5. The minimum Gasteiger partial charge on any atom is -0.477 e. The van der Waals surface area contributed by atoms with Crippen molar-refractivity contribution in [3.63, 3.8) is 0 Å². The summed E-state index contributed by atoms with van der Waals surface area (Å²) in [4.78, 5) is 24.4. The van der Waals surface area contributed by atoms with Crippen molar-refractivity contribution in [2.75, 3.05) is 31.1 Å². The van der Waals surface area contributed by atoms with E-state index in [4.69, 9.17) is 5.11 Å². The van der Waals surface area contributed by atoms with Crippen LogP contribution in [0.15, 0.2) is 6.07 Å². The molecule has 7 heteroatoms. The zero-order valence-electron chi connectivity index (χ0n) is 13.6. The number of carboxylic acids is 1. The number of halogens is 1. The van der Waals surface area contributed by atoms with Gasteiger partial charge in [0.2, 0.25) is 5.95 Å². The van der Waals surface area contributed by atoms with Gasteiger partial charge in [-0.15, -0.1) is 12.4 Å². The average Bonchev–Trinajstić information content (AvgIpc) is 2.55. The molecular formula is C16H25ClN4O2. The van der Waals surface area contributed by atoms with Crippen LogP contribution in [0.2, 0.25) is 0 Å². The van der Waals surface area contributed by atoms with Crippen LogP contribution in [0.3, 0.4) is 0 Å². The Morgan fingerprint density at radius 1 is 1.13 bits per heavy atom. The molecule has 2 heterocycles. The van der Waals surface area contributed by atoms with E-state index in [-0.39, 0.29) is 18.1 Å². The number of rotatable bonds is 3. The number of aryl methyl sites for hydroxylation is 1. The second-order valence-corrected chi connectivity index (χ2v) is 6.31. The third-order valence-electron chi connectivity index (χ3n) is 4.75. The fourth-order valence-electron chi connectivity index (χ4n) is 3.54. The summed E-state index contributed by atoms with van der Waals surface area (Å²) in [6.07, 6.45) is 6.74. The van der Waals surface area contributed by atoms with E-state index in [0.717, 1.165) is 32.2 Å². The summed E-state index contributed by atoms with van der Waals surface area (Å²) in [7, 11) is 0. The smallest absolute Gasteiger partial charge is 0.354 e. The average molecular weight is 341 g/mol. The molecule has 0 spiro atoms. The minimum atomic E-state index is -0.993. The molecule has 0 radical (unpaired) electrons. The van der Waals surface area contributed by atoms with E-state index >= 15 is 0 Å². The van der Waals surface area contributed by atoms with Crippen LogP contribution in [0, 0.1) is 6.92 Å². The van der Waals surface area contributed by atoms with Crippen molar-refractivity contribution < 1.29 is 9.90 Å². The molecule has 0 unspecified atom stereocenters. The van der Waals surface area contributed by atoms with Crippen molar-refractivity contribution in [2.24, 2.45) is 0 Å². The number of anilines is 1. The van der Waals surface area contributed by atoms with Gasteiger partial charge in [-0.25, -0.2) is 14.8 Å². The van der Waals surface area contributed by atoms with Crippen LogP contribution >= 0.6 is 12.4 Å².